The predicted octanol–water partition coefficient (Wildman–Crippen LogP) is 1.14. The standard InChI is InChI=1S/C9H16FNO2/c1-9(10,5-8(12)13)7-3-4-11(2)6-7/h7H,3-6H2,1-2H3,(H,12,13). The van der Waals surface area contributed by atoms with Crippen LogP contribution in [0.4, 0.5) is 4.39 Å². The Labute approximate surface area is 77.5 Å². The summed E-state index contributed by atoms with van der Waals surface area (Å²) in [5, 5.41) is 8.52. The lowest BCUT2D eigenvalue weighted by Crippen LogP contribution is -2.34. The first-order valence-corrected chi connectivity index (χ1v) is 4.51. The molecular weight excluding hydrogens is 173 g/mol. The van der Waals surface area contributed by atoms with E-state index in [0.717, 1.165) is 13.0 Å². The number of rotatable bonds is 3. The van der Waals surface area contributed by atoms with Crippen LogP contribution in [0.1, 0.15) is 19.8 Å². The Bertz CT molecular complexity index is 206. The fourth-order valence-electron chi connectivity index (χ4n) is 1.87. The first-order valence-electron chi connectivity index (χ1n) is 4.51. The SMILES string of the molecule is CN1CCC(C(C)(F)CC(=O)O)C1. The van der Waals surface area contributed by atoms with Crippen LogP contribution in [-0.4, -0.2) is 41.8 Å². The summed E-state index contributed by atoms with van der Waals surface area (Å²) in [5.74, 6) is -1.19. The van der Waals surface area contributed by atoms with Crippen molar-refractivity contribution in [2.45, 2.75) is 25.4 Å². The zero-order chi connectivity index (χ0) is 10.1. The Morgan fingerprint density at radius 3 is 2.77 bits per heavy atom. The number of aliphatic carboxylic acids is 1. The molecule has 1 rings (SSSR count). The number of likely N-dealkylation sites (tertiary alicyclic amines) is 1. The van der Waals surface area contributed by atoms with Gasteiger partial charge in [0.25, 0.3) is 0 Å². The lowest BCUT2D eigenvalue weighted by molar-refractivity contribution is -0.140. The van der Waals surface area contributed by atoms with Crippen LogP contribution in [-0.2, 0) is 4.79 Å². The van der Waals surface area contributed by atoms with Crippen LogP contribution in [0.25, 0.3) is 0 Å². The normalized spacial score (nSPS) is 28.7. The van der Waals surface area contributed by atoms with Crippen LogP contribution < -0.4 is 0 Å². The third-order valence-corrected chi connectivity index (χ3v) is 2.74. The van der Waals surface area contributed by atoms with E-state index in [2.05, 4.69) is 0 Å². The smallest absolute Gasteiger partial charge is 0.306 e. The predicted molar refractivity (Wildman–Crippen MR) is 47.4 cm³/mol. The molecule has 0 bridgehead atoms. The number of carboxylic acids is 1. The first kappa shape index (κ1) is 10.4. The Morgan fingerprint density at radius 2 is 2.38 bits per heavy atom. The number of nitrogens with zero attached hydrogens (tertiary/aromatic N) is 1. The van der Waals surface area contributed by atoms with Crippen molar-refractivity contribution in [2.24, 2.45) is 5.92 Å². The third-order valence-electron chi connectivity index (χ3n) is 2.74. The molecule has 2 unspecified atom stereocenters. The van der Waals surface area contributed by atoms with E-state index in [-0.39, 0.29) is 12.3 Å². The van der Waals surface area contributed by atoms with Crippen molar-refractivity contribution >= 4 is 5.97 Å². The maximum absolute atomic E-state index is 13.8. The molecule has 1 aliphatic rings. The summed E-state index contributed by atoms with van der Waals surface area (Å²) in [4.78, 5) is 12.4. The van der Waals surface area contributed by atoms with E-state index < -0.39 is 11.6 Å². The van der Waals surface area contributed by atoms with Gasteiger partial charge in [0.05, 0.1) is 6.42 Å². The van der Waals surface area contributed by atoms with E-state index in [1.54, 1.807) is 0 Å². The van der Waals surface area contributed by atoms with Gasteiger partial charge in [0.1, 0.15) is 5.67 Å². The first-order chi connectivity index (χ1) is 5.92. The molecule has 1 saturated heterocycles. The van der Waals surface area contributed by atoms with Gasteiger partial charge in [-0.05, 0) is 26.9 Å². The lowest BCUT2D eigenvalue weighted by Gasteiger charge is -2.25. The van der Waals surface area contributed by atoms with E-state index in [4.69, 9.17) is 5.11 Å². The molecule has 0 amide bonds. The molecular formula is C9H16FNO2. The van der Waals surface area contributed by atoms with Crippen molar-refractivity contribution in [1.29, 1.82) is 0 Å². The highest BCUT2D eigenvalue weighted by atomic mass is 19.1. The van der Waals surface area contributed by atoms with Gasteiger partial charge in [0.15, 0.2) is 0 Å². The number of hydrogen-bond donors (Lipinski definition) is 1. The number of hydrogen-bond acceptors (Lipinski definition) is 2. The van der Waals surface area contributed by atoms with Crippen molar-refractivity contribution in [2.75, 3.05) is 20.1 Å². The van der Waals surface area contributed by atoms with Gasteiger partial charge in [0, 0.05) is 12.5 Å². The molecule has 0 aromatic heterocycles. The molecule has 0 aliphatic carbocycles. The molecule has 76 valence electrons. The Kier molecular flexibility index (Phi) is 2.91. The molecule has 2 atom stereocenters. The minimum Gasteiger partial charge on any atom is -0.481 e. The van der Waals surface area contributed by atoms with E-state index >= 15 is 0 Å². The molecule has 1 fully saturated rings. The molecule has 0 saturated carbocycles. The summed E-state index contributed by atoms with van der Waals surface area (Å²) < 4.78 is 13.8. The molecule has 1 aliphatic heterocycles. The molecule has 0 spiro atoms. The molecule has 3 nitrogen and oxygen atoms in total. The van der Waals surface area contributed by atoms with Gasteiger partial charge in [-0.3, -0.25) is 4.79 Å². The minimum atomic E-state index is -1.56. The van der Waals surface area contributed by atoms with Crippen LogP contribution in [0.5, 0.6) is 0 Å². The highest BCUT2D eigenvalue weighted by molar-refractivity contribution is 5.68. The van der Waals surface area contributed by atoms with E-state index in [1.165, 1.54) is 6.92 Å². The van der Waals surface area contributed by atoms with E-state index in [0.29, 0.717) is 6.54 Å². The van der Waals surface area contributed by atoms with Gasteiger partial charge >= 0.3 is 5.97 Å². The van der Waals surface area contributed by atoms with Crippen molar-refractivity contribution < 1.29 is 14.3 Å². The van der Waals surface area contributed by atoms with Crippen molar-refractivity contribution in [3.05, 3.63) is 0 Å². The van der Waals surface area contributed by atoms with Crippen LogP contribution in [0.2, 0.25) is 0 Å². The van der Waals surface area contributed by atoms with Crippen LogP contribution in [0, 0.1) is 5.92 Å². The topological polar surface area (TPSA) is 40.5 Å². The third kappa shape index (κ3) is 2.66. The van der Waals surface area contributed by atoms with Crippen LogP contribution >= 0.6 is 0 Å². The van der Waals surface area contributed by atoms with Gasteiger partial charge in [-0.2, -0.15) is 0 Å². The highest BCUT2D eigenvalue weighted by Gasteiger charge is 2.39. The maximum atomic E-state index is 13.8. The summed E-state index contributed by atoms with van der Waals surface area (Å²) in [6, 6.07) is 0. The molecule has 0 radical (unpaired) electrons. The number of halogens is 1. The Morgan fingerprint density at radius 1 is 1.77 bits per heavy atom. The number of carbonyl (C=O) groups is 1. The maximum Gasteiger partial charge on any atom is 0.306 e. The summed E-state index contributed by atoms with van der Waals surface area (Å²) in [5.41, 5.74) is -1.56. The Balaban J connectivity index is 2.53. The molecule has 0 aromatic rings. The highest BCUT2D eigenvalue weighted by Crippen LogP contribution is 2.32. The van der Waals surface area contributed by atoms with Gasteiger partial charge in [-0.1, -0.05) is 0 Å². The van der Waals surface area contributed by atoms with Crippen molar-refractivity contribution in [3.8, 4) is 0 Å². The summed E-state index contributed by atoms with van der Waals surface area (Å²) in [6.45, 7) is 2.93. The van der Waals surface area contributed by atoms with E-state index in [1.807, 2.05) is 11.9 Å². The summed E-state index contributed by atoms with van der Waals surface area (Å²) in [6.07, 6.45) is 0.377. The van der Waals surface area contributed by atoms with Gasteiger partial charge in [0.2, 0.25) is 0 Å². The van der Waals surface area contributed by atoms with Crippen molar-refractivity contribution in [1.82, 2.24) is 4.90 Å². The van der Waals surface area contributed by atoms with Crippen LogP contribution in [0.15, 0.2) is 0 Å². The Hall–Kier alpha value is -0.640. The summed E-state index contributed by atoms with van der Waals surface area (Å²) in [7, 11) is 1.93. The number of carboxylic acid groups (broad SMARTS) is 1. The minimum absolute atomic E-state index is 0.131. The lowest BCUT2D eigenvalue weighted by atomic mass is 9.87. The molecule has 4 heteroatoms. The second-order valence-corrected chi connectivity index (χ2v) is 4.10. The average Bonchev–Trinajstić information content (AvgIpc) is 2.32. The van der Waals surface area contributed by atoms with E-state index in [9.17, 15) is 9.18 Å². The van der Waals surface area contributed by atoms with Crippen molar-refractivity contribution in [3.63, 3.8) is 0 Å². The van der Waals surface area contributed by atoms with Crippen LogP contribution in [0.3, 0.4) is 0 Å². The second kappa shape index (κ2) is 3.62. The quantitative estimate of drug-likeness (QED) is 0.723. The molecule has 0 aromatic carbocycles. The fraction of sp³-hybridized carbons (Fsp3) is 0.889. The molecule has 1 N–H and O–H groups in total. The second-order valence-electron chi connectivity index (χ2n) is 4.10. The van der Waals surface area contributed by atoms with Gasteiger partial charge in [-0.25, -0.2) is 4.39 Å². The molecule has 13 heavy (non-hydrogen) atoms. The largest absolute Gasteiger partial charge is 0.481 e. The fourth-order valence-corrected chi connectivity index (χ4v) is 1.87. The van der Waals surface area contributed by atoms with Gasteiger partial charge in [-0.15, -0.1) is 0 Å². The zero-order valence-electron chi connectivity index (χ0n) is 8.09. The van der Waals surface area contributed by atoms with Gasteiger partial charge < -0.3 is 10.0 Å². The molecule has 1 heterocycles. The number of alkyl halides is 1. The zero-order valence-corrected chi connectivity index (χ0v) is 8.09. The summed E-state index contributed by atoms with van der Waals surface area (Å²) >= 11 is 0. The monoisotopic (exact) mass is 189 g/mol. The average molecular weight is 189 g/mol.